The molecular formula is C17H17ClN2O3. The van der Waals surface area contributed by atoms with Crippen LogP contribution >= 0.6 is 11.6 Å². The molecule has 3 rings (SSSR count). The van der Waals surface area contributed by atoms with Crippen molar-refractivity contribution in [2.24, 2.45) is 7.05 Å². The summed E-state index contributed by atoms with van der Waals surface area (Å²) in [5, 5.41) is 0.494. The molecule has 5 nitrogen and oxygen atoms in total. The molecule has 0 atom stereocenters. The number of benzene rings is 1. The number of hydrogen-bond acceptors (Lipinski definition) is 3. The van der Waals surface area contributed by atoms with Crippen LogP contribution in [-0.4, -0.2) is 29.0 Å². The third-order valence-electron chi connectivity index (χ3n) is 4.10. The monoisotopic (exact) mass is 332 g/mol. The quantitative estimate of drug-likeness (QED) is 0.847. The molecule has 1 amide bonds. The first-order chi connectivity index (χ1) is 11.0. The van der Waals surface area contributed by atoms with Gasteiger partial charge in [0.05, 0.1) is 12.7 Å². The van der Waals surface area contributed by atoms with Crippen LogP contribution in [0.3, 0.4) is 0 Å². The average molecular weight is 333 g/mol. The van der Waals surface area contributed by atoms with Gasteiger partial charge < -0.3 is 14.2 Å². The van der Waals surface area contributed by atoms with Gasteiger partial charge in [0.15, 0.2) is 0 Å². The fourth-order valence-corrected chi connectivity index (χ4v) is 3.00. The van der Waals surface area contributed by atoms with Crippen LogP contribution in [0.4, 0.5) is 0 Å². The predicted molar refractivity (Wildman–Crippen MR) is 88.1 cm³/mol. The maximum atomic E-state index is 12.8. The third-order valence-corrected chi connectivity index (χ3v) is 4.33. The zero-order chi connectivity index (χ0) is 16.6. The topological polar surface area (TPSA) is 51.5 Å². The van der Waals surface area contributed by atoms with E-state index in [4.69, 9.17) is 16.3 Å². The Bertz CT molecular complexity index is 829. The summed E-state index contributed by atoms with van der Waals surface area (Å²) < 4.78 is 6.80. The highest BCUT2D eigenvalue weighted by molar-refractivity contribution is 6.31. The van der Waals surface area contributed by atoms with Crippen molar-refractivity contribution in [3.05, 3.63) is 62.5 Å². The van der Waals surface area contributed by atoms with E-state index in [0.717, 1.165) is 11.1 Å². The number of amides is 1. The molecule has 0 fully saturated rings. The van der Waals surface area contributed by atoms with Crippen LogP contribution in [0.2, 0.25) is 5.02 Å². The van der Waals surface area contributed by atoms with Gasteiger partial charge in [-0.25, -0.2) is 0 Å². The fraction of sp³-hybridized carbons (Fsp3) is 0.294. The normalized spacial score (nSPS) is 13.6. The van der Waals surface area contributed by atoms with Crippen molar-refractivity contribution in [3.8, 4) is 5.75 Å². The van der Waals surface area contributed by atoms with Gasteiger partial charge in [-0.05, 0) is 35.7 Å². The molecule has 1 aromatic carbocycles. The van der Waals surface area contributed by atoms with Crippen molar-refractivity contribution in [3.63, 3.8) is 0 Å². The van der Waals surface area contributed by atoms with Gasteiger partial charge in [-0.15, -0.1) is 0 Å². The van der Waals surface area contributed by atoms with Crippen molar-refractivity contribution in [1.29, 1.82) is 0 Å². The number of halogens is 1. The molecule has 23 heavy (non-hydrogen) atoms. The van der Waals surface area contributed by atoms with Crippen molar-refractivity contribution < 1.29 is 9.53 Å². The maximum Gasteiger partial charge on any atom is 0.257 e. The smallest absolute Gasteiger partial charge is 0.257 e. The Morgan fingerprint density at radius 2 is 2.04 bits per heavy atom. The molecule has 0 bridgehead atoms. The molecule has 0 unspecified atom stereocenters. The van der Waals surface area contributed by atoms with E-state index in [9.17, 15) is 9.59 Å². The van der Waals surface area contributed by atoms with Crippen molar-refractivity contribution >= 4 is 17.5 Å². The largest absolute Gasteiger partial charge is 0.496 e. The molecule has 1 aliphatic heterocycles. The summed E-state index contributed by atoms with van der Waals surface area (Å²) in [5.74, 6) is 0.384. The standard InChI is InChI=1S/C17H17ClN2O3/c1-19-9-12-10-20(6-5-11(12)7-16(19)21)17(22)14-8-13(18)3-4-15(14)23-2/h3-4,7-9H,5-6,10H2,1-2H3. The van der Waals surface area contributed by atoms with Gasteiger partial charge in [0.1, 0.15) is 5.75 Å². The Hall–Kier alpha value is -2.27. The summed E-state index contributed by atoms with van der Waals surface area (Å²) in [7, 11) is 3.24. The molecule has 0 N–H and O–H groups in total. The highest BCUT2D eigenvalue weighted by Crippen LogP contribution is 2.26. The second kappa shape index (κ2) is 6.08. The number of methoxy groups -OCH3 is 1. The molecule has 0 saturated heterocycles. The molecule has 0 aliphatic carbocycles. The summed E-state index contributed by atoms with van der Waals surface area (Å²) in [6, 6.07) is 6.66. The Kier molecular flexibility index (Phi) is 4.13. The average Bonchev–Trinajstić information content (AvgIpc) is 2.55. The minimum atomic E-state index is -0.121. The van der Waals surface area contributed by atoms with Gasteiger partial charge in [0.2, 0.25) is 0 Å². The van der Waals surface area contributed by atoms with Crippen molar-refractivity contribution in [1.82, 2.24) is 9.47 Å². The first-order valence-electron chi connectivity index (χ1n) is 7.31. The Morgan fingerprint density at radius 3 is 2.78 bits per heavy atom. The number of hydrogen-bond donors (Lipinski definition) is 0. The SMILES string of the molecule is COc1ccc(Cl)cc1C(=O)N1CCc2cc(=O)n(C)cc2C1. The summed E-state index contributed by atoms with van der Waals surface area (Å²) in [6.07, 6.45) is 2.46. The first-order valence-corrected chi connectivity index (χ1v) is 7.68. The van der Waals surface area contributed by atoms with Gasteiger partial charge in [-0.1, -0.05) is 11.6 Å². The van der Waals surface area contributed by atoms with E-state index >= 15 is 0 Å². The van der Waals surface area contributed by atoms with Crippen LogP contribution < -0.4 is 10.3 Å². The van der Waals surface area contributed by atoms with Gasteiger partial charge >= 0.3 is 0 Å². The highest BCUT2D eigenvalue weighted by atomic mass is 35.5. The molecular weight excluding hydrogens is 316 g/mol. The maximum absolute atomic E-state index is 12.8. The van der Waals surface area contributed by atoms with E-state index < -0.39 is 0 Å². The van der Waals surface area contributed by atoms with Gasteiger partial charge in [0, 0.05) is 37.4 Å². The van der Waals surface area contributed by atoms with Crippen LogP contribution in [0.15, 0.2) is 35.3 Å². The number of ether oxygens (including phenoxy) is 1. The van der Waals surface area contributed by atoms with Gasteiger partial charge in [-0.3, -0.25) is 9.59 Å². The predicted octanol–water partition coefficient (Wildman–Crippen LogP) is 2.25. The lowest BCUT2D eigenvalue weighted by molar-refractivity contribution is 0.0730. The first kappa shape index (κ1) is 15.6. The van der Waals surface area contributed by atoms with E-state index in [2.05, 4.69) is 0 Å². The molecule has 120 valence electrons. The minimum Gasteiger partial charge on any atom is -0.496 e. The lowest BCUT2D eigenvalue weighted by Crippen LogP contribution is -2.37. The second-order valence-electron chi connectivity index (χ2n) is 5.59. The van der Waals surface area contributed by atoms with E-state index in [1.54, 1.807) is 42.4 Å². The number of nitrogens with zero attached hydrogens (tertiary/aromatic N) is 2. The second-order valence-corrected chi connectivity index (χ2v) is 6.03. The molecule has 0 saturated carbocycles. The number of rotatable bonds is 2. The van der Waals surface area contributed by atoms with Gasteiger partial charge in [-0.2, -0.15) is 0 Å². The van der Waals surface area contributed by atoms with Crippen LogP contribution in [-0.2, 0) is 20.0 Å². The molecule has 1 aliphatic rings. The van der Waals surface area contributed by atoms with Crippen LogP contribution in [0.5, 0.6) is 5.75 Å². The number of pyridine rings is 1. The van der Waals surface area contributed by atoms with Crippen LogP contribution in [0.1, 0.15) is 21.5 Å². The number of carbonyl (C=O) groups excluding carboxylic acids is 1. The van der Waals surface area contributed by atoms with E-state index in [-0.39, 0.29) is 11.5 Å². The summed E-state index contributed by atoms with van der Waals surface area (Å²) in [4.78, 5) is 26.3. The fourth-order valence-electron chi connectivity index (χ4n) is 2.83. The number of carbonyl (C=O) groups is 1. The molecule has 6 heteroatoms. The molecule has 0 spiro atoms. The molecule has 1 aromatic heterocycles. The van der Waals surface area contributed by atoms with Crippen molar-refractivity contribution in [2.45, 2.75) is 13.0 Å². The van der Waals surface area contributed by atoms with Gasteiger partial charge in [0.25, 0.3) is 11.5 Å². The summed E-state index contributed by atoms with van der Waals surface area (Å²) in [6.45, 7) is 1.03. The zero-order valence-electron chi connectivity index (χ0n) is 13.0. The summed E-state index contributed by atoms with van der Waals surface area (Å²) >= 11 is 6.01. The van der Waals surface area contributed by atoms with E-state index in [0.29, 0.717) is 35.8 Å². The molecule has 2 heterocycles. The molecule has 2 aromatic rings. The third kappa shape index (κ3) is 2.97. The van der Waals surface area contributed by atoms with E-state index in [1.165, 1.54) is 11.7 Å². The lowest BCUT2D eigenvalue weighted by atomic mass is 10.0. The minimum absolute atomic E-state index is 0.0277. The Morgan fingerprint density at radius 1 is 1.26 bits per heavy atom. The summed E-state index contributed by atoms with van der Waals surface area (Å²) in [5.41, 5.74) is 2.43. The lowest BCUT2D eigenvalue weighted by Gasteiger charge is -2.29. The number of aromatic nitrogens is 1. The molecule has 0 radical (unpaired) electrons. The number of fused-ring (bicyclic) bond motifs is 1. The van der Waals surface area contributed by atoms with Crippen LogP contribution in [0, 0.1) is 0 Å². The zero-order valence-corrected chi connectivity index (χ0v) is 13.8. The Balaban J connectivity index is 1.92. The van der Waals surface area contributed by atoms with E-state index in [1.807, 2.05) is 0 Å². The van der Waals surface area contributed by atoms with Crippen LogP contribution in [0.25, 0.3) is 0 Å². The van der Waals surface area contributed by atoms with Crippen molar-refractivity contribution in [2.75, 3.05) is 13.7 Å². The number of aryl methyl sites for hydroxylation is 1. The Labute approximate surface area is 139 Å². The highest BCUT2D eigenvalue weighted by Gasteiger charge is 2.24.